The van der Waals surface area contributed by atoms with E-state index in [9.17, 15) is 14.4 Å². The molecule has 1 aliphatic rings. The van der Waals surface area contributed by atoms with Gasteiger partial charge < -0.3 is 15.1 Å². The zero-order chi connectivity index (χ0) is 19.4. The van der Waals surface area contributed by atoms with Gasteiger partial charge in [0.15, 0.2) is 0 Å². The van der Waals surface area contributed by atoms with Crippen LogP contribution in [0.15, 0.2) is 18.2 Å². The molecule has 26 heavy (non-hydrogen) atoms. The molecule has 1 atom stereocenters. The number of piperazine rings is 1. The van der Waals surface area contributed by atoms with E-state index in [1.54, 1.807) is 15.9 Å². The highest BCUT2D eigenvalue weighted by molar-refractivity contribution is 6.36. The molecule has 3 amide bonds. The monoisotopic (exact) mass is 399 g/mol. The molecule has 6 nitrogen and oxygen atoms in total. The first kappa shape index (κ1) is 20.5. The van der Waals surface area contributed by atoms with Crippen molar-refractivity contribution < 1.29 is 14.4 Å². The second-order valence-electron chi connectivity index (χ2n) is 6.65. The zero-order valence-electron chi connectivity index (χ0n) is 15.1. The van der Waals surface area contributed by atoms with Gasteiger partial charge >= 0.3 is 0 Å². The lowest BCUT2D eigenvalue weighted by molar-refractivity contribution is -0.140. The van der Waals surface area contributed by atoms with Crippen LogP contribution in [0.3, 0.4) is 0 Å². The molecule has 0 saturated carbocycles. The number of amides is 3. The summed E-state index contributed by atoms with van der Waals surface area (Å²) in [5, 5.41) is 3.46. The zero-order valence-corrected chi connectivity index (χ0v) is 16.6. The minimum atomic E-state index is -0.668. The number of hydrogen-bond donors (Lipinski definition) is 1. The first-order valence-electron chi connectivity index (χ1n) is 8.51. The summed E-state index contributed by atoms with van der Waals surface area (Å²) in [5.41, 5.74) is 0.274. The SMILES string of the molecule is CC(=O)N1CCN(C(=O)C(NC(=O)c2ccc(Cl)cc2Cl)C(C)C)CC1. The van der Waals surface area contributed by atoms with Gasteiger partial charge in [0, 0.05) is 38.1 Å². The fourth-order valence-corrected chi connectivity index (χ4v) is 3.34. The Morgan fingerprint density at radius 1 is 1.04 bits per heavy atom. The van der Waals surface area contributed by atoms with Crippen molar-refractivity contribution in [3.8, 4) is 0 Å². The van der Waals surface area contributed by atoms with Crippen LogP contribution in [-0.4, -0.2) is 59.7 Å². The maximum atomic E-state index is 12.9. The van der Waals surface area contributed by atoms with Gasteiger partial charge in [0.25, 0.3) is 5.91 Å². The van der Waals surface area contributed by atoms with Gasteiger partial charge in [0.05, 0.1) is 10.6 Å². The standard InChI is InChI=1S/C18H23Cl2N3O3/c1-11(2)16(18(26)23-8-6-22(7-9-23)12(3)24)21-17(25)14-5-4-13(19)10-15(14)20/h4-5,10-11,16H,6-9H2,1-3H3,(H,21,25). The molecule has 1 N–H and O–H groups in total. The van der Waals surface area contributed by atoms with Crippen LogP contribution in [0, 0.1) is 5.92 Å². The van der Waals surface area contributed by atoms with Crippen LogP contribution >= 0.6 is 23.2 Å². The summed E-state index contributed by atoms with van der Waals surface area (Å²) in [7, 11) is 0. The van der Waals surface area contributed by atoms with Crippen LogP contribution in [0.2, 0.25) is 10.0 Å². The summed E-state index contributed by atoms with van der Waals surface area (Å²) in [6.45, 7) is 7.19. The first-order chi connectivity index (χ1) is 12.2. The number of carbonyl (C=O) groups is 3. The van der Waals surface area contributed by atoms with Crippen molar-refractivity contribution in [1.82, 2.24) is 15.1 Å². The number of nitrogens with zero attached hydrogens (tertiary/aromatic N) is 2. The topological polar surface area (TPSA) is 69.7 Å². The normalized spacial score (nSPS) is 15.8. The van der Waals surface area contributed by atoms with E-state index in [0.29, 0.717) is 31.2 Å². The fourth-order valence-electron chi connectivity index (χ4n) is 2.84. The molecule has 0 spiro atoms. The van der Waals surface area contributed by atoms with E-state index in [1.165, 1.54) is 19.1 Å². The molecule has 0 aliphatic carbocycles. The molecule has 1 fully saturated rings. The minimum Gasteiger partial charge on any atom is -0.340 e. The number of carbonyl (C=O) groups excluding carboxylic acids is 3. The molecule has 0 radical (unpaired) electrons. The van der Waals surface area contributed by atoms with Gasteiger partial charge in [-0.3, -0.25) is 14.4 Å². The van der Waals surface area contributed by atoms with Crippen molar-refractivity contribution >= 4 is 40.9 Å². The highest BCUT2D eigenvalue weighted by Gasteiger charge is 2.31. The summed E-state index contributed by atoms with van der Waals surface area (Å²) in [5.74, 6) is -0.658. The summed E-state index contributed by atoms with van der Waals surface area (Å²) >= 11 is 11.9. The molecule has 1 unspecified atom stereocenters. The van der Waals surface area contributed by atoms with Crippen molar-refractivity contribution in [3.05, 3.63) is 33.8 Å². The predicted octanol–water partition coefficient (Wildman–Crippen LogP) is 2.44. The van der Waals surface area contributed by atoms with E-state index in [-0.39, 0.29) is 28.3 Å². The van der Waals surface area contributed by atoms with Crippen molar-refractivity contribution in [1.29, 1.82) is 0 Å². The molecule has 142 valence electrons. The highest BCUT2D eigenvalue weighted by Crippen LogP contribution is 2.21. The average Bonchev–Trinajstić information content (AvgIpc) is 2.58. The largest absolute Gasteiger partial charge is 0.340 e. The summed E-state index contributed by atoms with van der Waals surface area (Å²) in [6.07, 6.45) is 0. The predicted molar refractivity (Wildman–Crippen MR) is 101 cm³/mol. The maximum absolute atomic E-state index is 12.9. The van der Waals surface area contributed by atoms with Gasteiger partial charge in [-0.15, -0.1) is 0 Å². The number of rotatable bonds is 4. The number of hydrogen-bond acceptors (Lipinski definition) is 3. The third-order valence-electron chi connectivity index (χ3n) is 4.43. The lowest BCUT2D eigenvalue weighted by Gasteiger charge is -2.37. The quantitative estimate of drug-likeness (QED) is 0.844. The Hall–Kier alpha value is -1.79. The van der Waals surface area contributed by atoms with Crippen molar-refractivity contribution in [2.24, 2.45) is 5.92 Å². The van der Waals surface area contributed by atoms with Crippen molar-refractivity contribution in [2.45, 2.75) is 26.8 Å². The van der Waals surface area contributed by atoms with E-state index in [2.05, 4.69) is 5.32 Å². The minimum absolute atomic E-state index is 0.00296. The van der Waals surface area contributed by atoms with Gasteiger partial charge in [-0.2, -0.15) is 0 Å². The molecule has 0 aromatic heterocycles. The van der Waals surface area contributed by atoms with Crippen LogP contribution in [0.1, 0.15) is 31.1 Å². The first-order valence-corrected chi connectivity index (χ1v) is 9.26. The van der Waals surface area contributed by atoms with Crippen LogP contribution in [0.4, 0.5) is 0 Å². The van der Waals surface area contributed by atoms with Crippen molar-refractivity contribution in [2.75, 3.05) is 26.2 Å². The summed E-state index contributed by atoms with van der Waals surface area (Å²) in [4.78, 5) is 40.2. The Kier molecular flexibility index (Phi) is 6.89. The van der Waals surface area contributed by atoms with E-state index in [1.807, 2.05) is 13.8 Å². The Labute approximate surface area is 163 Å². The van der Waals surface area contributed by atoms with E-state index in [0.717, 1.165) is 0 Å². The number of benzene rings is 1. The third kappa shape index (κ3) is 4.89. The molecule has 1 aromatic rings. The van der Waals surface area contributed by atoms with Crippen molar-refractivity contribution in [3.63, 3.8) is 0 Å². The summed E-state index contributed by atoms with van der Waals surface area (Å²) in [6, 6.07) is 3.94. The molecule has 1 aliphatic heterocycles. The van der Waals surface area contributed by atoms with Crippen LogP contribution < -0.4 is 5.32 Å². The van der Waals surface area contributed by atoms with Crippen LogP contribution in [0.5, 0.6) is 0 Å². The maximum Gasteiger partial charge on any atom is 0.253 e. The second kappa shape index (κ2) is 8.73. The highest BCUT2D eigenvalue weighted by atomic mass is 35.5. The molecular formula is C18H23Cl2N3O3. The van der Waals surface area contributed by atoms with Gasteiger partial charge in [-0.25, -0.2) is 0 Å². The Bertz CT molecular complexity index is 701. The van der Waals surface area contributed by atoms with Crippen LogP contribution in [-0.2, 0) is 9.59 Å². The van der Waals surface area contributed by atoms with Gasteiger partial charge in [0.2, 0.25) is 11.8 Å². The molecule has 8 heteroatoms. The molecule has 1 aromatic carbocycles. The Morgan fingerprint density at radius 3 is 2.12 bits per heavy atom. The lowest BCUT2D eigenvalue weighted by atomic mass is 10.0. The number of nitrogens with one attached hydrogen (secondary N) is 1. The van der Waals surface area contributed by atoms with Gasteiger partial charge in [-0.05, 0) is 24.1 Å². The Morgan fingerprint density at radius 2 is 1.62 bits per heavy atom. The number of halogens is 2. The van der Waals surface area contributed by atoms with Crippen LogP contribution in [0.25, 0.3) is 0 Å². The van der Waals surface area contributed by atoms with Gasteiger partial charge in [0.1, 0.15) is 6.04 Å². The molecule has 1 heterocycles. The fraction of sp³-hybridized carbons (Fsp3) is 0.500. The second-order valence-corrected chi connectivity index (χ2v) is 7.49. The molecular weight excluding hydrogens is 377 g/mol. The Balaban J connectivity index is 2.07. The van der Waals surface area contributed by atoms with E-state index >= 15 is 0 Å². The molecule has 2 rings (SSSR count). The van der Waals surface area contributed by atoms with E-state index in [4.69, 9.17) is 23.2 Å². The molecule has 0 bridgehead atoms. The van der Waals surface area contributed by atoms with E-state index < -0.39 is 11.9 Å². The third-order valence-corrected chi connectivity index (χ3v) is 4.98. The smallest absolute Gasteiger partial charge is 0.253 e. The van der Waals surface area contributed by atoms with Gasteiger partial charge in [-0.1, -0.05) is 37.0 Å². The lowest BCUT2D eigenvalue weighted by Crippen LogP contribution is -2.57. The molecule has 1 saturated heterocycles. The average molecular weight is 400 g/mol. The summed E-state index contributed by atoms with van der Waals surface area (Å²) < 4.78 is 0.